The molecule has 2 rings (SSSR count). The number of carbonyl (C=O) groups is 2. The van der Waals surface area contributed by atoms with E-state index in [1.165, 1.54) is 6.07 Å². The highest BCUT2D eigenvalue weighted by atomic mass is 32.2. The predicted octanol–water partition coefficient (Wildman–Crippen LogP) is 1.62. The smallest absolute Gasteiger partial charge is 0.371 e. The summed E-state index contributed by atoms with van der Waals surface area (Å²) >= 11 is 1.84. The normalized spacial score (nSPS) is 19.2. The van der Waals surface area contributed by atoms with E-state index in [0.717, 1.165) is 18.1 Å². The van der Waals surface area contributed by atoms with Crippen LogP contribution in [0.1, 0.15) is 23.2 Å². The van der Waals surface area contributed by atoms with Crippen molar-refractivity contribution in [3.05, 3.63) is 23.7 Å². The Morgan fingerprint density at radius 3 is 3.00 bits per heavy atom. The molecule has 6 nitrogen and oxygen atoms in total. The quantitative estimate of drug-likeness (QED) is 0.881. The molecule has 1 saturated heterocycles. The highest BCUT2D eigenvalue weighted by Crippen LogP contribution is 2.16. The maximum Gasteiger partial charge on any atom is 0.371 e. The Labute approximate surface area is 115 Å². The number of carboxylic acid groups (broad SMARTS) is 1. The van der Waals surface area contributed by atoms with Gasteiger partial charge in [0, 0.05) is 24.1 Å². The highest BCUT2D eigenvalue weighted by Gasteiger charge is 2.23. The fourth-order valence-electron chi connectivity index (χ4n) is 1.88. The van der Waals surface area contributed by atoms with Gasteiger partial charge in [-0.05, 0) is 19.1 Å². The number of hydrogen-bond donors (Lipinski definition) is 2. The van der Waals surface area contributed by atoms with Crippen molar-refractivity contribution >= 4 is 23.8 Å². The minimum Gasteiger partial charge on any atom is -0.475 e. The van der Waals surface area contributed by atoms with Crippen molar-refractivity contribution in [3.8, 4) is 0 Å². The van der Waals surface area contributed by atoms with Crippen LogP contribution in [0.5, 0.6) is 0 Å². The summed E-state index contributed by atoms with van der Waals surface area (Å²) < 4.78 is 5.07. The molecular weight excluding hydrogens is 268 g/mol. The Morgan fingerprint density at radius 1 is 1.58 bits per heavy atom. The van der Waals surface area contributed by atoms with Gasteiger partial charge in [-0.3, -0.25) is 0 Å². The zero-order valence-electron chi connectivity index (χ0n) is 10.6. The lowest BCUT2D eigenvalue weighted by Crippen LogP contribution is -2.49. The topological polar surface area (TPSA) is 82.8 Å². The van der Waals surface area contributed by atoms with Gasteiger partial charge >= 0.3 is 12.0 Å². The van der Waals surface area contributed by atoms with Crippen molar-refractivity contribution < 1.29 is 19.1 Å². The number of rotatable bonds is 3. The van der Waals surface area contributed by atoms with E-state index in [1.54, 1.807) is 11.0 Å². The van der Waals surface area contributed by atoms with Crippen molar-refractivity contribution in [3.63, 3.8) is 0 Å². The molecule has 2 amide bonds. The molecule has 0 radical (unpaired) electrons. The Morgan fingerprint density at radius 2 is 2.37 bits per heavy atom. The number of furan rings is 1. The number of carbonyl (C=O) groups excluding carboxylic acids is 1. The van der Waals surface area contributed by atoms with Crippen LogP contribution in [0.15, 0.2) is 16.5 Å². The first-order valence-corrected chi connectivity index (χ1v) is 7.17. The van der Waals surface area contributed by atoms with E-state index in [0.29, 0.717) is 5.76 Å². The average Bonchev–Trinajstić information content (AvgIpc) is 2.85. The lowest BCUT2D eigenvalue weighted by molar-refractivity contribution is 0.0660. The largest absolute Gasteiger partial charge is 0.475 e. The Kier molecular flexibility index (Phi) is 4.36. The average molecular weight is 284 g/mol. The molecule has 7 heteroatoms. The molecule has 1 aliphatic heterocycles. The van der Waals surface area contributed by atoms with Gasteiger partial charge in [-0.15, -0.1) is 0 Å². The molecule has 2 N–H and O–H groups in total. The van der Waals surface area contributed by atoms with E-state index in [1.807, 2.05) is 18.7 Å². The van der Waals surface area contributed by atoms with Gasteiger partial charge in [0.05, 0.1) is 6.54 Å². The third kappa shape index (κ3) is 3.44. The second-order valence-electron chi connectivity index (χ2n) is 4.35. The van der Waals surface area contributed by atoms with Crippen LogP contribution in [0, 0.1) is 0 Å². The first-order valence-electron chi connectivity index (χ1n) is 6.02. The van der Waals surface area contributed by atoms with Crippen LogP contribution in [0.25, 0.3) is 0 Å². The minimum atomic E-state index is -1.11. The highest BCUT2D eigenvalue weighted by molar-refractivity contribution is 7.99. The summed E-state index contributed by atoms with van der Waals surface area (Å²) in [6.07, 6.45) is 0. The van der Waals surface area contributed by atoms with Gasteiger partial charge < -0.3 is 19.7 Å². The number of thioether (sulfide) groups is 1. The first-order chi connectivity index (χ1) is 9.08. The van der Waals surface area contributed by atoms with E-state index in [2.05, 4.69) is 5.32 Å². The van der Waals surface area contributed by atoms with Crippen molar-refractivity contribution in [2.75, 3.05) is 18.1 Å². The summed E-state index contributed by atoms with van der Waals surface area (Å²) in [6.45, 7) is 2.94. The summed E-state index contributed by atoms with van der Waals surface area (Å²) in [6, 6.07) is 3.01. The third-order valence-corrected chi connectivity index (χ3v) is 4.10. The van der Waals surface area contributed by atoms with Crippen molar-refractivity contribution in [2.45, 2.75) is 19.5 Å². The summed E-state index contributed by atoms with van der Waals surface area (Å²) in [5, 5.41) is 11.5. The van der Waals surface area contributed by atoms with Gasteiger partial charge in [0.15, 0.2) is 0 Å². The molecule has 0 aliphatic carbocycles. The van der Waals surface area contributed by atoms with Crippen LogP contribution in [0.4, 0.5) is 4.79 Å². The van der Waals surface area contributed by atoms with Crippen LogP contribution in [0.3, 0.4) is 0 Å². The van der Waals surface area contributed by atoms with Gasteiger partial charge in [0.2, 0.25) is 5.76 Å². The predicted molar refractivity (Wildman–Crippen MR) is 71.4 cm³/mol. The fourth-order valence-corrected chi connectivity index (χ4v) is 2.89. The zero-order valence-corrected chi connectivity index (χ0v) is 11.4. The lowest BCUT2D eigenvalue weighted by atomic mass is 10.3. The summed E-state index contributed by atoms with van der Waals surface area (Å²) in [5.41, 5.74) is 0. The van der Waals surface area contributed by atoms with Crippen molar-refractivity contribution in [1.29, 1.82) is 0 Å². The third-order valence-electron chi connectivity index (χ3n) is 2.91. The molecule has 1 aromatic heterocycles. The van der Waals surface area contributed by atoms with Gasteiger partial charge in [-0.1, -0.05) is 0 Å². The first kappa shape index (κ1) is 13.8. The van der Waals surface area contributed by atoms with E-state index in [-0.39, 0.29) is 24.4 Å². The molecule has 0 aromatic carbocycles. The molecule has 1 aliphatic rings. The van der Waals surface area contributed by atoms with Crippen LogP contribution in [-0.2, 0) is 6.54 Å². The molecule has 1 unspecified atom stereocenters. The molecule has 0 spiro atoms. The number of nitrogens with one attached hydrogen (secondary N) is 1. The molecule has 1 atom stereocenters. The second-order valence-corrected chi connectivity index (χ2v) is 5.50. The van der Waals surface area contributed by atoms with Crippen LogP contribution >= 0.6 is 11.8 Å². The second kappa shape index (κ2) is 6.01. The number of hydrogen-bond acceptors (Lipinski definition) is 4. The molecule has 104 valence electrons. The molecule has 19 heavy (non-hydrogen) atoms. The monoisotopic (exact) mass is 284 g/mol. The Hall–Kier alpha value is -1.63. The number of amides is 2. The van der Waals surface area contributed by atoms with E-state index < -0.39 is 5.97 Å². The van der Waals surface area contributed by atoms with E-state index in [9.17, 15) is 9.59 Å². The van der Waals surface area contributed by atoms with Gasteiger partial charge in [-0.25, -0.2) is 9.59 Å². The zero-order chi connectivity index (χ0) is 13.8. The Bertz CT molecular complexity index is 474. The molecule has 1 aromatic rings. The molecule has 0 bridgehead atoms. The maximum atomic E-state index is 12.0. The van der Waals surface area contributed by atoms with Crippen LogP contribution in [-0.4, -0.2) is 46.1 Å². The van der Waals surface area contributed by atoms with Gasteiger partial charge in [0.25, 0.3) is 0 Å². The summed E-state index contributed by atoms with van der Waals surface area (Å²) in [4.78, 5) is 24.4. The number of urea groups is 1. The standard InChI is InChI=1S/C12H16N2O4S/c1-8-7-19-5-4-14(8)12(17)13-6-9-2-3-10(18-9)11(15)16/h2-3,8H,4-7H2,1H3,(H,13,17)(H,15,16). The minimum absolute atomic E-state index is 0.119. The van der Waals surface area contributed by atoms with Crippen molar-refractivity contribution in [1.82, 2.24) is 10.2 Å². The summed E-state index contributed by atoms with van der Waals surface area (Å²) in [7, 11) is 0. The fraction of sp³-hybridized carbons (Fsp3) is 0.500. The maximum absolute atomic E-state index is 12.0. The molecule has 2 heterocycles. The van der Waals surface area contributed by atoms with Crippen LogP contribution in [0.2, 0.25) is 0 Å². The van der Waals surface area contributed by atoms with E-state index in [4.69, 9.17) is 9.52 Å². The van der Waals surface area contributed by atoms with Gasteiger partial charge in [0.1, 0.15) is 5.76 Å². The molecule has 0 saturated carbocycles. The number of carboxylic acids is 1. The lowest BCUT2D eigenvalue weighted by Gasteiger charge is -2.32. The number of aromatic carboxylic acids is 1. The van der Waals surface area contributed by atoms with Crippen LogP contribution < -0.4 is 5.32 Å². The Balaban J connectivity index is 1.87. The number of nitrogens with zero attached hydrogens (tertiary/aromatic N) is 1. The molecular formula is C12H16N2O4S. The summed E-state index contributed by atoms with van der Waals surface area (Å²) in [5.74, 6) is 1.09. The molecule has 1 fully saturated rings. The van der Waals surface area contributed by atoms with Crippen molar-refractivity contribution in [2.24, 2.45) is 0 Å². The SMILES string of the molecule is CC1CSCCN1C(=O)NCc1ccc(C(=O)O)o1. The van der Waals surface area contributed by atoms with E-state index >= 15 is 0 Å². The van der Waals surface area contributed by atoms with Gasteiger partial charge in [-0.2, -0.15) is 11.8 Å².